The Bertz CT molecular complexity index is 2490. The van der Waals surface area contributed by atoms with E-state index >= 15 is 0 Å². The van der Waals surface area contributed by atoms with Gasteiger partial charge in [0.1, 0.15) is 0 Å². The van der Waals surface area contributed by atoms with Crippen LogP contribution in [0.4, 0.5) is 0 Å². The molecule has 0 unspecified atom stereocenters. The third-order valence-corrected chi connectivity index (χ3v) is 11.1. The van der Waals surface area contributed by atoms with Crippen molar-refractivity contribution in [1.82, 2.24) is 19.9 Å². The van der Waals surface area contributed by atoms with E-state index in [1.807, 2.05) is 0 Å². The van der Waals surface area contributed by atoms with Gasteiger partial charge in [-0.05, 0) is 108 Å². The zero-order valence-electron chi connectivity index (χ0n) is 28.7. The van der Waals surface area contributed by atoms with E-state index in [4.69, 9.17) is 9.97 Å². The Kier molecular flexibility index (Phi) is 8.47. The number of thioether (sulfide) groups is 2. The molecular formula is C46H34N4S2. The van der Waals surface area contributed by atoms with E-state index in [1.165, 1.54) is 9.79 Å². The quantitative estimate of drug-likeness (QED) is 0.169. The second-order valence-corrected chi connectivity index (χ2v) is 14.5. The van der Waals surface area contributed by atoms with Crippen molar-refractivity contribution in [2.24, 2.45) is 0 Å². The van der Waals surface area contributed by atoms with Gasteiger partial charge in [0.25, 0.3) is 0 Å². The highest BCUT2D eigenvalue weighted by molar-refractivity contribution is 7.98. The number of H-pyrrole nitrogens is 2. The fourth-order valence-electron chi connectivity index (χ4n) is 7.15. The number of fused-ring (bicyclic) bond motifs is 8. The van der Waals surface area contributed by atoms with Gasteiger partial charge in [0, 0.05) is 54.1 Å². The molecule has 4 nitrogen and oxygen atoms in total. The molecule has 0 aliphatic carbocycles. The maximum atomic E-state index is 5.42. The predicted octanol–water partition coefficient (Wildman–Crippen LogP) is 12.8. The maximum Gasteiger partial charge on any atom is 0.0737 e. The summed E-state index contributed by atoms with van der Waals surface area (Å²) in [5.41, 5.74) is 16.2. The normalized spacial score (nSPS) is 12.0. The van der Waals surface area contributed by atoms with Crippen LogP contribution < -0.4 is 0 Å². The highest BCUT2D eigenvalue weighted by Gasteiger charge is 2.19. The minimum absolute atomic E-state index is 0.905. The van der Waals surface area contributed by atoms with E-state index in [0.717, 1.165) is 89.4 Å². The summed E-state index contributed by atoms with van der Waals surface area (Å²) >= 11 is 3.49. The first-order valence-electron chi connectivity index (χ1n) is 17.2. The van der Waals surface area contributed by atoms with Gasteiger partial charge in [-0.1, -0.05) is 84.9 Å². The van der Waals surface area contributed by atoms with E-state index in [9.17, 15) is 0 Å². The standard InChI is InChI=1S/C46H34N4S2/c1-51-33-17-13-31(14-18-33)45-39-25-23-37(48-39)43(29-9-5-3-6-10-29)35-21-22-36(47-35)44(30-11-7-4-8-12-30)38-24-26-40(49-38)46(42-28-27-41(45)50-42)32-15-19-34(52-2)20-16-32/h3-28,48-49H,1-2H3. The number of aromatic amines is 2. The Morgan fingerprint density at radius 2 is 0.635 bits per heavy atom. The second-order valence-electron chi connectivity index (χ2n) is 12.7. The number of aromatic nitrogens is 4. The van der Waals surface area contributed by atoms with Gasteiger partial charge in [0.2, 0.25) is 0 Å². The lowest BCUT2D eigenvalue weighted by atomic mass is 10.0. The molecule has 0 amide bonds. The monoisotopic (exact) mass is 706 g/mol. The summed E-state index contributed by atoms with van der Waals surface area (Å²) in [5.74, 6) is 0. The SMILES string of the molecule is CSc1ccc(-c2c3nc(c(-c4ccc(SC)cc4)c4ccc([nH]4)c(-c4ccccc4)c4nc(c(-c5ccccc5)c5ccc2[nH]5)C=C4)C=C3)cc1. The predicted molar refractivity (Wildman–Crippen MR) is 224 cm³/mol. The average Bonchev–Trinajstić information content (AvgIpc) is 4.04. The smallest absolute Gasteiger partial charge is 0.0737 e. The molecular weight excluding hydrogens is 673 g/mol. The number of nitrogens with zero attached hydrogens (tertiary/aromatic N) is 2. The second kappa shape index (κ2) is 13.7. The molecule has 8 bridgehead atoms. The summed E-state index contributed by atoms with van der Waals surface area (Å²) in [7, 11) is 0. The first kappa shape index (κ1) is 32.1. The van der Waals surface area contributed by atoms with Crippen LogP contribution >= 0.6 is 23.5 Å². The first-order chi connectivity index (χ1) is 25.7. The van der Waals surface area contributed by atoms with Crippen molar-refractivity contribution in [3.05, 3.63) is 156 Å². The first-order valence-corrected chi connectivity index (χ1v) is 19.7. The van der Waals surface area contributed by atoms with Crippen LogP contribution in [0.3, 0.4) is 0 Å². The lowest BCUT2D eigenvalue weighted by Crippen LogP contribution is -1.89. The molecule has 2 N–H and O–H groups in total. The van der Waals surface area contributed by atoms with Crippen LogP contribution in [0.5, 0.6) is 0 Å². The number of rotatable bonds is 6. The molecule has 9 rings (SSSR count). The van der Waals surface area contributed by atoms with E-state index in [2.05, 4.69) is 180 Å². The molecule has 0 spiro atoms. The lowest BCUT2D eigenvalue weighted by Gasteiger charge is -2.07. The maximum absolute atomic E-state index is 5.42. The Morgan fingerprint density at radius 1 is 0.346 bits per heavy atom. The van der Waals surface area contributed by atoms with Crippen molar-refractivity contribution in [2.75, 3.05) is 12.5 Å². The molecule has 3 aromatic heterocycles. The van der Waals surface area contributed by atoms with E-state index in [1.54, 1.807) is 23.5 Å². The number of hydrogen-bond acceptors (Lipinski definition) is 4. The van der Waals surface area contributed by atoms with Crippen LogP contribution in [0, 0.1) is 0 Å². The molecule has 0 saturated heterocycles. The number of hydrogen-bond donors (Lipinski definition) is 2. The topological polar surface area (TPSA) is 57.4 Å². The summed E-state index contributed by atoms with van der Waals surface area (Å²) in [6, 6.07) is 47.3. The van der Waals surface area contributed by atoms with Gasteiger partial charge in [0.15, 0.2) is 0 Å². The number of nitrogens with one attached hydrogen (secondary N) is 2. The van der Waals surface area contributed by atoms with Crippen LogP contribution in [-0.4, -0.2) is 32.4 Å². The summed E-state index contributed by atoms with van der Waals surface area (Å²) in [4.78, 5) is 20.9. The Hall–Kier alpha value is -5.82. The molecule has 0 fully saturated rings. The zero-order valence-corrected chi connectivity index (χ0v) is 30.4. The number of benzene rings is 4. The van der Waals surface area contributed by atoms with Crippen molar-refractivity contribution >= 4 is 69.9 Å². The lowest BCUT2D eigenvalue weighted by molar-refractivity contribution is 1.31. The zero-order chi connectivity index (χ0) is 35.0. The molecule has 6 heteroatoms. The Morgan fingerprint density at radius 3 is 0.923 bits per heavy atom. The fraction of sp³-hybridized carbons (Fsp3) is 0.0435. The molecule has 5 heterocycles. The van der Waals surface area contributed by atoms with Gasteiger partial charge in [-0.15, -0.1) is 23.5 Å². The van der Waals surface area contributed by atoms with Gasteiger partial charge in [0.05, 0.1) is 22.8 Å². The summed E-state index contributed by atoms with van der Waals surface area (Å²) < 4.78 is 0. The Labute approximate surface area is 311 Å². The van der Waals surface area contributed by atoms with Crippen LogP contribution in [0.2, 0.25) is 0 Å². The van der Waals surface area contributed by atoms with Crippen LogP contribution in [0.15, 0.2) is 143 Å². The van der Waals surface area contributed by atoms with Crippen LogP contribution in [0.25, 0.3) is 90.9 Å². The molecule has 7 aromatic rings. The van der Waals surface area contributed by atoms with Gasteiger partial charge >= 0.3 is 0 Å². The van der Waals surface area contributed by atoms with E-state index in [-0.39, 0.29) is 0 Å². The highest BCUT2D eigenvalue weighted by atomic mass is 32.2. The largest absolute Gasteiger partial charge is 0.354 e. The minimum atomic E-state index is 0.905. The summed E-state index contributed by atoms with van der Waals surface area (Å²) in [5, 5.41) is 0. The van der Waals surface area contributed by atoms with Crippen molar-refractivity contribution < 1.29 is 0 Å². The van der Waals surface area contributed by atoms with Crippen molar-refractivity contribution in [2.45, 2.75) is 9.79 Å². The minimum Gasteiger partial charge on any atom is -0.354 e. The molecule has 0 saturated carbocycles. The summed E-state index contributed by atoms with van der Waals surface area (Å²) in [6.45, 7) is 0. The average molecular weight is 707 g/mol. The van der Waals surface area contributed by atoms with Crippen LogP contribution in [0.1, 0.15) is 22.8 Å². The van der Waals surface area contributed by atoms with Gasteiger partial charge < -0.3 is 9.97 Å². The molecule has 2 aliphatic heterocycles. The third kappa shape index (κ3) is 5.90. The third-order valence-electron chi connectivity index (χ3n) is 9.64. The highest BCUT2D eigenvalue weighted by Crippen LogP contribution is 2.38. The molecule has 0 radical (unpaired) electrons. The molecule has 0 atom stereocenters. The van der Waals surface area contributed by atoms with Crippen LogP contribution in [-0.2, 0) is 0 Å². The van der Waals surface area contributed by atoms with Crippen molar-refractivity contribution in [3.63, 3.8) is 0 Å². The molecule has 4 aromatic carbocycles. The summed E-state index contributed by atoms with van der Waals surface area (Å²) in [6.07, 6.45) is 12.8. The van der Waals surface area contributed by atoms with E-state index in [0.29, 0.717) is 0 Å². The van der Waals surface area contributed by atoms with Crippen molar-refractivity contribution in [3.8, 4) is 44.5 Å². The fourth-order valence-corrected chi connectivity index (χ4v) is 7.96. The van der Waals surface area contributed by atoms with E-state index < -0.39 is 0 Å². The van der Waals surface area contributed by atoms with Crippen molar-refractivity contribution in [1.29, 1.82) is 0 Å². The van der Waals surface area contributed by atoms with Gasteiger partial charge in [-0.2, -0.15) is 0 Å². The molecule has 52 heavy (non-hydrogen) atoms. The van der Waals surface area contributed by atoms with Gasteiger partial charge in [-0.25, -0.2) is 9.97 Å². The Balaban J connectivity index is 1.45. The molecule has 2 aliphatic rings. The molecule has 250 valence electrons. The van der Waals surface area contributed by atoms with Gasteiger partial charge in [-0.3, -0.25) is 0 Å².